The summed E-state index contributed by atoms with van der Waals surface area (Å²) in [6.07, 6.45) is 0. The Bertz CT molecular complexity index is 83.8. The normalized spacial score (nSPS) is 17.2. The Morgan fingerprint density at radius 3 is 2.10 bits per heavy atom. The highest BCUT2D eigenvalue weighted by atomic mass is 32.2. The van der Waals surface area contributed by atoms with E-state index in [0.29, 0.717) is 0 Å². The summed E-state index contributed by atoms with van der Waals surface area (Å²) in [4.78, 5) is 9.83. The first-order valence-corrected chi connectivity index (χ1v) is 4.75. The predicted octanol–water partition coefficient (Wildman–Crippen LogP) is 1.74. The predicted molar refractivity (Wildman–Crippen MR) is 46.0 cm³/mol. The highest BCUT2D eigenvalue weighted by molar-refractivity contribution is 7.99. The average molecular weight is 162 g/mol. The zero-order valence-electron chi connectivity index (χ0n) is 6.54. The van der Waals surface area contributed by atoms with Gasteiger partial charge in [-0.1, -0.05) is 13.8 Å². The van der Waals surface area contributed by atoms with Gasteiger partial charge in [0, 0.05) is 24.6 Å². The largest absolute Gasteiger partial charge is 0.259 e. The van der Waals surface area contributed by atoms with Crippen LogP contribution in [0.15, 0.2) is 5.29 Å². The molecule has 0 atom stereocenters. The van der Waals surface area contributed by atoms with Gasteiger partial charge in [-0.25, -0.2) is 0 Å². The third-order valence-corrected chi connectivity index (χ3v) is 2.05. The zero-order valence-corrected chi connectivity index (χ0v) is 7.36. The van der Waals surface area contributed by atoms with E-state index in [2.05, 4.69) is 5.29 Å². The van der Waals surface area contributed by atoms with E-state index >= 15 is 0 Å². The molecule has 0 aromatic rings. The molecule has 0 aromatic carbocycles. The van der Waals surface area contributed by atoms with Crippen LogP contribution in [0.25, 0.3) is 0 Å². The molecular formula is C6H14N2OS. The molecule has 0 radical (unpaired) electrons. The topological polar surface area (TPSA) is 32.7 Å². The second-order valence-electron chi connectivity index (χ2n) is 1.65. The summed E-state index contributed by atoms with van der Waals surface area (Å²) >= 11 is 1.87. The molecule has 1 fully saturated rings. The lowest BCUT2D eigenvalue weighted by molar-refractivity contribution is 0.315. The van der Waals surface area contributed by atoms with Gasteiger partial charge in [0.2, 0.25) is 0 Å². The molecule has 1 aliphatic heterocycles. The minimum absolute atomic E-state index is 0.828. The fraction of sp³-hybridized carbons (Fsp3) is 1.00. The van der Waals surface area contributed by atoms with Gasteiger partial charge in [-0.15, -0.1) is 4.91 Å². The van der Waals surface area contributed by atoms with Crippen LogP contribution in [-0.2, 0) is 0 Å². The summed E-state index contributed by atoms with van der Waals surface area (Å²) in [5, 5.41) is 4.38. The Kier molecular flexibility index (Phi) is 6.69. The lowest BCUT2D eigenvalue weighted by Gasteiger charge is -2.18. The van der Waals surface area contributed by atoms with Gasteiger partial charge in [0.15, 0.2) is 0 Å². The molecule has 4 heteroatoms. The molecule has 1 saturated heterocycles. The minimum atomic E-state index is 0.828. The van der Waals surface area contributed by atoms with Gasteiger partial charge in [-0.05, 0) is 0 Å². The summed E-state index contributed by atoms with van der Waals surface area (Å²) in [5.74, 6) is 2.09. The lowest BCUT2D eigenvalue weighted by Crippen LogP contribution is -2.26. The molecule has 0 saturated carbocycles. The first kappa shape index (κ1) is 9.75. The summed E-state index contributed by atoms with van der Waals surface area (Å²) in [6.45, 7) is 5.66. The molecule has 0 unspecified atom stereocenters. The van der Waals surface area contributed by atoms with E-state index in [1.54, 1.807) is 5.01 Å². The molecule has 1 aliphatic rings. The van der Waals surface area contributed by atoms with Crippen LogP contribution in [0.4, 0.5) is 0 Å². The van der Waals surface area contributed by atoms with Crippen LogP contribution in [-0.4, -0.2) is 29.6 Å². The molecule has 3 nitrogen and oxygen atoms in total. The molecule has 0 bridgehead atoms. The van der Waals surface area contributed by atoms with Gasteiger partial charge in [0.1, 0.15) is 0 Å². The van der Waals surface area contributed by atoms with Gasteiger partial charge >= 0.3 is 0 Å². The van der Waals surface area contributed by atoms with Crippen molar-refractivity contribution in [2.24, 2.45) is 5.29 Å². The molecule has 0 spiro atoms. The highest BCUT2D eigenvalue weighted by Crippen LogP contribution is 2.07. The third-order valence-electron chi connectivity index (χ3n) is 1.10. The fourth-order valence-electron chi connectivity index (χ4n) is 0.635. The van der Waals surface area contributed by atoms with E-state index in [1.807, 2.05) is 25.6 Å². The van der Waals surface area contributed by atoms with Crippen molar-refractivity contribution in [3.05, 3.63) is 4.91 Å². The maximum atomic E-state index is 9.83. The molecule has 0 aliphatic carbocycles. The summed E-state index contributed by atoms with van der Waals surface area (Å²) in [5.41, 5.74) is 0. The van der Waals surface area contributed by atoms with Crippen molar-refractivity contribution in [3.8, 4) is 0 Å². The molecule has 0 amide bonds. The summed E-state index contributed by atoms with van der Waals surface area (Å²) in [7, 11) is 0. The van der Waals surface area contributed by atoms with Crippen LogP contribution in [0.1, 0.15) is 13.8 Å². The molecule has 0 aromatic heterocycles. The molecule has 0 N–H and O–H groups in total. The molecule has 10 heavy (non-hydrogen) atoms. The van der Waals surface area contributed by atoms with E-state index in [9.17, 15) is 4.91 Å². The van der Waals surface area contributed by atoms with Gasteiger partial charge in [-0.3, -0.25) is 5.01 Å². The van der Waals surface area contributed by atoms with E-state index in [1.165, 1.54) is 0 Å². The first-order valence-electron chi connectivity index (χ1n) is 3.59. The maximum Gasteiger partial charge on any atom is 0.0524 e. The van der Waals surface area contributed by atoms with Gasteiger partial charge in [0.25, 0.3) is 0 Å². The van der Waals surface area contributed by atoms with Crippen LogP contribution in [0.2, 0.25) is 0 Å². The number of nitroso groups, excluding NO2 is 1. The SMILES string of the molecule is CC.O=NN1CCSCC1. The van der Waals surface area contributed by atoms with Crippen LogP contribution in [0.3, 0.4) is 0 Å². The lowest BCUT2D eigenvalue weighted by atomic mass is 10.6. The smallest absolute Gasteiger partial charge is 0.0524 e. The Morgan fingerprint density at radius 2 is 1.80 bits per heavy atom. The first-order chi connectivity index (χ1) is 4.93. The van der Waals surface area contributed by atoms with Gasteiger partial charge in [-0.2, -0.15) is 11.8 Å². The monoisotopic (exact) mass is 162 g/mol. The van der Waals surface area contributed by atoms with E-state index in [-0.39, 0.29) is 0 Å². The van der Waals surface area contributed by atoms with E-state index in [4.69, 9.17) is 0 Å². The van der Waals surface area contributed by atoms with Crippen molar-refractivity contribution in [1.29, 1.82) is 0 Å². The second-order valence-corrected chi connectivity index (χ2v) is 2.87. The van der Waals surface area contributed by atoms with E-state index in [0.717, 1.165) is 24.6 Å². The number of thioether (sulfide) groups is 1. The second kappa shape index (κ2) is 6.86. The molecule has 1 rings (SSSR count). The molecule has 60 valence electrons. The summed E-state index contributed by atoms with van der Waals surface area (Å²) < 4.78 is 0. The number of nitrogens with zero attached hydrogens (tertiary/aromatic N) is 2. The number of hydrogen-bond acceptors (Lipinski definition) is 3. The molecular weight excluding hydrogens is 148 g/mol. The van der Waals surface area contributed by atoms with Crippen molar-refractivity contribution in [2.45, 2.75) is 13.8 Å². The van der Waals surface area contributed by atoms with Crippen LogP contribution < -0.4 is 0 Å². The Labute approximate surface area is 66.1 Å². The Morgan fingerprint density at radius 1 is 1.30 bits per heavy atom. The van der Waals surface area contributed by atoms with Gasteiger partial charge in [0.05, 0.1) is 5.29 Å². The zero-order chi connectivity index (χ0) is 7.82. The number of rotatable bonds is 1. The van der Waals surface area contributed by atoms with Crippen molar-refractivity contribution in [1.82, 2.24) is 5.01 Å². The van der Waals surface area contributed by atoms with Crippen LogP contribution >= 0.6 is 11.8 Å². The summed E-state index contributed by atoms with van der Waals surface area (Å²) in [6, 6.07) is 0. The van der Waals surface area contributed by atoms with Crippen molar-refractivity contribution >= 4 is 11.8 Å². The van der Waals surface area contributed by atoms with Crippen molar-refractivity contribution in [2.75, 3.05) is 24.6 Å². The minimum Gasteiger partial charge on any atom is -0.259 e. The van der Waals surface area contributed by atoms with Gasteiger partial charge < -0.3 is 0 Å². The fourth-order valence-corrected chi connectivity index (χ4v) is 1.52. The maximum absolute atomic E-state index is 9.83. The Hall–Kier alpha value is -0.250. The van der Waals surface area contributed by atoms with Crippen molar-refractivity contribution < 1.29 is 0 Å². The van der Waals surface area contributed by atoms with Crippen LogP contribution in [0.5, 0.6) is 0 Å². The average Bonchev–Trinajstić information content (AvgIpc) is 2.10. The highest BCUT2D eigenvalue weighted by Gasteiger charge is 2.06. The van der Waals surface area contributed by atoms with Crippen molar-refractivity contribution in [3.63, 3.8) is 0 Å². The quantitative estimate of drug-likeness (QED) is 0.551. The Balaban J connectivity index is 0.000000371. The third kappa shape index (κ3) is 3.71. The molecule has 1 heterocycles. The van der Waals surface area contributed by atoms with E-state index < -0.39 is 0 Å². The van der Waals surface area contributed by atoms with Crippen LogP contribution in [0, 0.1) is 4.91 Å². The number of hydrogen-bond donors (Lipinski definition) is 0. The standard InChI is InChI=1S/C4H8N2OS.C2H6/c7-5-6-1-3-8-4-2-6;1-2/h1-4H2;1-2H3.